The van der Waals surface area contributed by atoms with Gasteiger partial charge in [0.15, 0.2) is 5.82 Å². The number of H-pyrrole nitrogens is 1. The Kier molecular flexibility index (Phi) is 4.26. The van der Waals surface area contributed by atoms with Crippen LogP contribution in [0.25, 0.3) is 10.9 Å². The summed E-state index contributed by atoms with van der Waals surface area (Å²) in [6, 6.07) is 16.5. The number of amides is 2. The normalized spacial score (nSPS) is 16.1. The van der Waals surface area contributed by atoms with Crippen LogP contribution in [0.4, 0.5) is 10.6 Å². The molecule has 27 heavy (non-hydrogen) atoms. The lowest BCUT2D eigenvalue weighted by Crippen LogP contribution is -2.46. The molecule has 0 atom stereocenters. The van der Waals surface area contributed by atoms with Crippen LogP contribution in [0.3, 0.4) is 0 Å². The maximum atomic E-state index is 12.6. The van der Waals surface area contributed by atoms with Gasteiger partial charge < -0.3 is 10.0 Å². The summed E-state index contributed by atoms with van der Waals surface area (Å²) in [5.41, 5.74) is 1.08. The van der Waals surface area contributed by atoms with Gasteiger partial charge in [-0.3, -0.25) is 10.4 Å². The van der Waals surface area contributed by atoms with E-state index >= 15 is 0 Å². The predicted molar refractivity (Wildman–Crippen MR) is 101 cm³/mol. The van der Waals surface area contributed by atoms with E-state index in [0.717, 1.165) is 16.5 Å². The first-order valence-corrected chi connectivity index (χ1v) is 8.81. The summed E-state index contributed by atoms with van der Waals surface area (Å²) >= 11 is 0. The van der Waals surface area contributed by atoms with Crippen LogP contribution >= 0.6 is 0 Å². The van der Waals surface area contributed by atoms with Gasteiger partial charge >= 0.3 is 6.03 Å². The Labute approximate surface area is 156 Å². The molecule has 7 nitrogen and oxygen atoms in total. The van der Waals surface area contributed by atoms with Gasteiger partial charge in [-0.15, -0.1) is 0 Å². The quantitative estimate of drug-likeness (QED) is 0.652. The Balaban J connectivity index is 1.44. The number of carbonyl (C=O) groups excluding carboxylic acids is 1. The van der Waals surface area contributed by atoms with Crippen molar-refractivity contribution >= 4 is 22.8 Å². The van der Waals surface area contributed by atoms with E-state index in [2.05, 4.69) is 21.6 Å². The minimum atomic E-state index is -1.03. The number of benzene rings is 2. The Bertz CT molecular complexity index is 1030. The second-order valence-electron chi connectivity index (χ2n) is 6.76. The summed E-state index contributed by atoms with van der Waals surface area (Å²) < 4.78 is 0. The van der Waals surface area contributed by atoms with Crippen LogP contribution in [0.1, 0.15) is 24.0 Å². The summed E-state index contributed by atoms with van der Waals surface area (Å²) in [7, 11) is 0. The Morgan fingerprint density at radius 1 is 1.22 bits per heavy atom. The number of aliphatic hydroxyl groups is 1. The fourth-order valence-electron chi connectivity index (χ4n) is 3.49. The van der Waals surface area contributed by atoms with Gasteiger partial charge in [0.2, 0.25) is 0 Å². The van der Waals surface area contributed by atoms with Crippen molar-refractivity contribution in [2.75, 3.05) is 18.4 Å². The van der Waals surface area contributed by atoms with Crippen LogP contribution in [0.5, 0.6) is 0 Å². The van der Waals surface area contributed by atoms with Crippen molar-refractivity contribution in [2.45, 2.75) is 18.4 Å². The molecule has 0 aliphatic carbocycles. The molecule has 0 bridgehead atoms. The van der Waals surface area contributed by atoms with E-state index in [1.807, 2.05) is 30.3 Å². The van der Waals surface area contributed by atoms with E-state index < -0.39 is 5.60 Å². The van der Waals surface area contributed by atoms with Gasteiger partial charge in [-0.05, 0) is 42.7 Å². The number of rotatable bonds is 2. The maximum Gasteiger partial charge on any atom is 0.323 e. The Morgan fingerprint density at radius 3 is 2.78 bits per heavy atom. The summed E-state index contributed by atoms with van der Waals surface area (Å²) in [5.74, 6) is 0.498. The molecule has 0 unspecified atom stereocenters. The molecule has 1 aliphatic heterocycles. The number of likely N-dealkylation sites (tertiary alicyclic amines) is 1. The molecule has 1 fully saturated rings. The van der Waals surface area contributed by atoms with Crippen LogP contribution in [0.15, 0.2) is 48.5 Å². The van der Waals surface area contributed by atoms with E-state index in [4.69, 9.17) is 5.26 Å². The van der Waals surface area contributed by atoms with Gasteiger partial charge in [-0.25, -0.2) is 4.79 Å². The third-order valence-corrected chi connectivity index (χ3v) is 5.10. The number of piperidine rings is 1. The summed E-state index contributed by atoms with van der Waals surface area (Å²) in [6.45, 7) is 0.836. The zero-order valence-electron chi connectivity index (χ0n) is 14.6. The lowest BCUT2D eigenvalue weighted by Gasteiger charge is -2.38. The van der Waals surface area contributed by atoms with Gasteiger partial charge in [0, 0.05) is 18.5 Å². The van der Waals surface area contributed by atoms with Crippen molar-refractivity contribution in [1.29, 1.82) is 5.26 Å². The molecule has 3 N–H and O–H groups in total. The Morgan fingerprint density at radius 2 is 2.00 bits per heavy atom. The molecular weight excluding hydrogens is 342 g/mol. The highest BCUT2D eigenvalue weighted by atomic mass is 16.3. The summed E-state index contributed by atoms with van der Waals surface area (Å²) in [6.07, 6.45) is 0.827. The molecule has 2 amide bonds. The monoisotopic (exact) mass is 361 g/mol. The first-order chi connectivity index (χ1) is 13.1. The zero-order chi connectivity index (χ0) is 18.9. The number of aromatic nitrogens is 2. The fourth-order valence-corrected chi connectivity index (χ4v) is 3.49. The molecule has 0 radical (unpaired) electrons. The van der Waals surface area contributed by atoms with Crippen molar-refractivity contribution in [3.05, 3.63) is 59.7 Å². The highest BCUT2D eigenvalue weighted by Crippen LogP contribution is 2.33. The first-order valence-electron chi connectivity index (χ1n) is 8.81. The minimum absolute atomic E-state index is 0.236. The lowest BCUT2D eigenvalue weighted by atomic mass is 9.84. The SMILES string of the molecule is N#Cc1cccc(C2(O)CCN(C(=O)Nc3n[nH]c4ccccc34)CC2)c1. The molecule has 1 aromatic heterocycles. The highest BCUT2D eigenvalue weighted by Gasteiger charge is 2.35. The number of nitriles is 1. The number of anilines is 1. The first kappa shape index (κ1) is 17.1. The van der Waals surface area contributed by atoms with Crippen LogP contribution in [-0.2, 0) is 5.60 Å². The molecule has 1 saturated heterocycles. The minimum Gasteiger partial charge on any atom is -0.385 e. The van der Waals surface area contributed by atoms with Gasteiger partial charge in [-0.1, -0.05) is 24.3 Å². The van der Waals surface area contributed by atoms with Gasteiger partial charge in [0.25, 0.3) is 0 Å². The largest absolute Gasteiger partial charge is 0.385 e. The van der Waals surface area contributed by atoms with E-state index in [0.29, 0.717) is 37.3 Å². The number of carbonyl (C=O) groups is 1. The third-order valence-electron chi connectivity index (χ3n) is 5.10. The average molecular weight is 361 g/mol. The number of nitrogens with one attached hydrogen (secondary N) is 2. The van der Waals surface area contributed by atoms with E-state index in [1.165, 1.54) is 0 Å². The number of urea groups is 1. The standard InChI is InChI=1S/C20H19N5O2/c21-13-14-4-3-5-15(12-14)20(27)8-10-25(11-9-20)19(26)22-18-16-6-1-2-7-17(16)23-24-18/h1-7,12,27H,8-11H2,(H2,22,23,24,26). The van der Waals surface area contributed by atoms with E-state index in [1.54, 1.807) is 23.1 Å². The zero-order valence-corrected chi connectivity index (χ0v) is 14.6. The molecule has 2 heterocycles. The fraction of sp³-hybridized carbons (Fsp3) is 0.250. The number of para-hydroxylation sites is 1. The number of hydrogen-bond acceptors (Lipinski definition) is 4. The number of aromatic amines is 1. The second-order valence-corrected chi connectivity index (χ2v) is 6.76. The molecule has 2 aromatic carbocycles. The van der Waals surface area contributed by atoms with Crippen LogP contribution in [0.2, 0.25) is 0 Å². The smallest absolute Gasteiger partial charge is 0.323 e. The number of hydrogen-bond donors (Lipinski definition) is 3. The van der Waals surface area contributed by atoms with Gasteiger partial charge in [-0.2, -0.15) is 10.4 Å². The van der Waals surface area contributed by atoms with Crippen molar-refractivity contribution in [3.8, 4) is 6.07 Å². The second kappa shape index (κ2) is 6.74. The maximum absolute atomic E-state index is 12.6. The van der Waals surface area contributed by atoms with E-state index in [9.17, 15) is 9.90 Å². The average Bonchev–Trinajstić information content (AvgIpc) is 3.11. The molecule has 4 rings (SSSR count). The van der Waals surface area contributed by atoms with Crippen molar-refractivity contribution < 1.29 is 9.90 Å². The Hall–Kier alpha value is -3.37. The highest BCUT2D eigenvalue weighted by molar-refractivity contribution is 5.98. The van der Waals surface area contributed by atoms with Crippen LogP contribution in [-0.4, -0.2) is 39.3 Å². The summed E-state index contributed by atoms with van der Waals surface area (Å²) in [4.78, 5) is 14.3. The van der Waals surface area contributed by atoms with Crippen LogP contribution in [0, 0.1) is 11.3 Å². The molecule has 0 spiro atoms. The predicted octanol–water partition coefficient (Wildman–Crippen LogP) is 2.95. The van der Waals surface area contributed by atoms with Crippen molar-refractivity contribution in [2.24, 2.45) is 0 Å². The van der Waals surface area contributed by atoms with Crippen LogP contribution < -0.4 is 5.32 Å². The van der Waals surface area contributed by atoms with Gasteiger partial charge in [0.05, 0.1) is 22.8 Å². The molecule has 1 aliphatic rings. The third kappa shape index (κ3) is 3.23. The van der Waals surface area contributed by atoms with E-state index in [-0.39, 0.29) is 6.03 Å². The number of nitrogens with zero attached hydrogens (tertiary/aromatic N) is 3. The topological polar surface area (TPSA) is 105 Å². The molecule has 3 aromatic rings. The number of fused-ring (bicyclic) bond motifs is 1. The van der Waals surface area contributed by atoms with Crippen molar-refractivity contribution in [1.82, 2.24) is 15.1 Å². The molecule has 136 valence electrons. The molecule has 0 saturated carbocycles. The van der Waals surface area contributed by atoms with Gasteiger partial charge in [0.1, 0.15) is 0 Å². The molecular formula is C20H19N5O2. The lowest BCUT2D eigenvalue weighted by molar-refractivity contribution is -0.0157. The summed E-state index contributed by atoms with van der Waals surface area (Å²) in [5, 5.41) is 30.8. The molecule has 7 heteroatoms. The van der Waals surface area contributed by atoms with Crippen molar-refractivity contribution in [3.63, 3.8) is 0 Å².